The van der Waals surface area contributed by atoms with E-state index in [-0.39, 0.29) is 0 Å². The molecule has 1 aromatic rings. The van der Waals surface area contributed by atoms with Gasteiger partial charge in [-0.3, -0.25) is 4.79 Å². The number of benzene rings is 1. The van der Waals surface area contributed by atoms with Gasteiger partial charge in [0.15, 0.2) is 0 Å². The molecular weight excluding hydrogens is 244 g/mol. The lowest BCUT2D eigenvalue weighted by Crippen LogP contribution is -2.18. The number of hydrogen-bond acceptors (Lipinski definition) is 3. The van der Waals surface area contributed by atoms with Gasteiger partial charge in [-0.25, -0.2) is 4.39 Å². The van der Waals surface area contributed by atoms with Crippen LogP contribution in [0.15, 0.2) is 23.4 Å². The lowest BCUT2D eigenvalue weighted by Gasteiger charge is -2.13. The predicted molar refractivity (Wildman–Crippen MR) is 50.3 cm³/mol. The number of rotatable bonds is 2. The van der Waals surface area contributed by atoms with Gasteiger partial charge in [0.05, 0.1) is 5.69 Å². The van der Waals surface area contributed by atoms with Gasteiger partial charge in [-0.05, 0) is 12.1 Å². The van der Waals surface area contributed by atoms with E-state index in [2.05, 4.69) is 5.16 Å². The summed E-state index contributed by atoms with van der Waals surface area (Å²) in [5.41, 5.74) is -2.33. The van der Waals surface area contributed by atoms with Crippen LogP contribution in [0.4, 0.5) is 23.2 Å². The van der Waals surface area contributed by atoms with Crippen LogP contribution in [0.2, 0.25) is 0 Å². The van der Waals surface area contributed by atoms with Crippen molar-refractivity contribution in [3.63, 3.8) is 0 Å². The Kier molecular flexibility index (Phi) is 3.66. The second-order valence-corrected chi connectivity index (χ2v) is 2.89. The molecule has 0 aliphatic carbocycles. The van der Waals surface area contributed by atoms with Crippen LogP contribution in [-0.4, -0.2) is 17.3 Å². The molecule has 17 heavy (non-hydrogen) atoms. The van der Waals surface area contributed by atoms with Crippen molar-refractivity contribution in [3.05, 3.63) is 29.6 Å². The topological polar surface area (TPSA) is 61.7 Å². The number of carbonyl (C=O) groups is 1. The van der Waals surface area contributed by atoms with Gasteiger partial charge >= 0.3 is 6.18 Å². The van der Waals surface area contributed by atoms with Gasteiger partial charge in [-0.2, -0.15) is 13.2 Å². The van der Waals surface area contributed by atoms with Crippen LogP contribution in [0, 0.1) is 5.82 Å². The van der Waals surface area contributed by atoms with Crippen LogP contribution in [0.3, 0.4) is 0 Å². The zero-order valence-corrected chi connectivity index (χ0v) is 8.12. The average molecular weight is 250 g/mol. The van der Waals surface area contributed by atoms with E-state index in [4.69, 9.17) is 5.21 Å². The summed E-state index contributed by atoms with van der Waals surface area (Å²) >= 11 is 0. The Balaban J connectivity index is 3.16. The summed E-state index contributed by atoms with van der Waals surface area (Å²) < 4.78 is 50.4. The molecule has 8 heteroatoms. The van der Waals surface area contributed by atoms with Crippen molar-refractivity contribution < 1.29 is 27.6 Å². The molecule has 2 N–H and O–H groups in total. The first-order valence-corrected chi connectivity index (χ1v) is 4.20. The highest BCUT2D eigenvalue weighted by Crippen LogP contribution is 2.36. The molecule has 0 fully saturated rings. The van der Waals surface area contributed by atoms with E-state index in [1.54, 1.807) is 5.32 Å². The predicted octanol–water partition coefficient (Wildman–Crippen LogP) is 2.24. The molecule has 0 saturated carbocycles. The summed E-state index contributed by atoms with van der Waals surface area (Å²) in [6.45, 7) is 0. The first-order chi connectivity index (χ1) is 7.86. The average Bonchev–Trinajstić information content (AvgIpc) is 2.15. The third-order valence-corrected chi connectivity index (χ3v) is 1.73. The maximum absolute atomic E-state index is 13.0. The Bertz CT molecular complexity index is 457. The van der Waals surface area contributed by atoms with Crippen molar-refractivity contribution in [1.82, 2.24) is 0 Å². The first kappa shape index (κ1) is 12.9. The number of carbonyl (C=O) groups excluding carboxylic acids is 1. The molecule has 0 aliphatic rings. The van der Waals surface area contributed by atoms with Gasteiger partial charge < -0.3 is 10.5 Å². The van der Waals surface area contributed by atoms with Crippen molar-refractivity contribution in [2.75, 3.05) is 5.32 Å². The molecule has 0 bridgehead atoms. The van der Waals surface area contributed by atoms with Crippen molar-refractivity contribution in [2.24, 2.45) is 5.16 Å². The molecule has 0 spiro atoms. The highest BCUT2D eigenvalue weighted by molar-refractivity contribution is 6.31. The van der Waals surface area contributed by atoms with E-state index >= 15 is 0 Å². The summed E-state index contributed by atoms with van der Waals surface area (Å²) in [4.78, 5) is 10.9. The minimum Gasteiger partial charge on any atom is -0.411 e. The monoisotopic (exact) mass is 250 g/mol. The molecule has 0 heterocycles. The Morgan fingerprint density at radius 1 is 1.41 bits per heavy atom. The summed E-state index contributed by atoms with van der Waals surface area (Å²) in [6.07, 6.45) is -4.59. The van der Waals surface area contributed by atoms with E-state index in [1.807, 2.05) is 0 Å². The highest BCUT2D eigenvalue weighted by atomic mass is 19.4. The van der Waals surface area contributed by atoms with Crippen LogP contribution < -0.4 is 5.32 Å². The number of nitrogens with one attached hydrogen (secondary N) is 1. The van der Waals surface area contributed by atoms with Crippen molar-refractivity contribution in [1.29, 1.82) is 0 Å². The quantitative estimate of drug-likeness (QED) is 0.366. The normalized spacial score (nSPS) is 11.8. The second-order valence-electron chi connectivity index (χ2n) is 2.89. The number of halogens is 4. The van der Waals surface area contributed by atoms with Crippen molar-refractivity contribution in [2.45, 2.75) is 6.18 Å². The zero-order chi connectivity index (χ0) is 13.1. The Hall–Kier alpha value is -2.12. The number of hydrogen-bond donors (Lipinski definition) is 2. The zero-order valence-electron chi connectivity index (χ0n) is 8.12. The molecule has 4 nitrogen and oxygen atoms in total. The molecular formula is C9H6F4N2O2. The van der Waals surface area contributed by atoms with E-state index < -0.39 is 29.2 Å². The fraction of sp³-hybridized carbons (Fsp3) is 0.111. The van der Waals surface area contributed by atoms with Crippen molar-refractivity contribution >= 4 is 17.8 Å². The number of anilines is 1. The molecule has 0 aliphatic heterocycles. The maximum Gasteiger partial charge on any atom is 0.421 e. The molecule has 0 aromatic heterocycles. The van der Waals surface area contributed by atoms with Gasteiger partial charge in [-0.15, -0.1) is 0 Å². The SMILES string of the molecule is O=C(/C=N\O)Nc1cccc(F)c1C(F)(F)F. The molecule has 0 atom stereocenters. The third kappa shape index (κ3) is 3.16. The lowest BCUT2D eigenvalue weighted by atomic mass is 10.1. The van der Waals surface area contributed by atoms with Crippen LogP contribution in [0.1, 0.15) is 5.56 Å². The molecule has 0 unspecified atom stereocenters. The van der Waals surface area contributed by atoms with Gasteiger partial charge in [-0.1, -0.05) is 11.2 Å². The van der Waals surface area contributed by atoms with Crippen LogP contribution in [0.25, 0.3) is 0 Å². The van der Waals surface area contributed by atoms with Gasteiger partial charge in [0, 0.05) is 0 Å². The second kappa shape index (κ2) is 4.81. The molecule has 1 aromatic carbocycles. The number of amides is 1. The van der Waals surface area contributed by atoms with Crippen LogP contribution in [-0.2, 0) is 11.0 Å². The van der Waals surface area contributed by atoms with Gasteiger partial charge in [0.25, 0.3) is 5.91 Å². The Morgan fingerprint density at radius 3 is 2.59 bits per heavy atom. The minimum absolute atomic E-state index is 0.352. The Morgan fingerprint density at radius 2 is 2.06 bits per heavy atom. The van der Waals surface area contributed by atoms with E-state index in [1.165, 1.54) is 0 Å². The number of alkyl halides is 3. The summed E-state index contributed by atoms with van der Waals surface area (Å²) in [6, 6.07) is 2.52. The fourth-order valence-electron chi connectivity index (χ4n) is 1.13. The standard InChI is InChI=1S/C9H6F4N2O2/c10-5-2-1-3-6(8(5)9(11,12)13)15-7(16)4-14-17/h1-4,17H,(H,15,16)/b14-4-. The first-order valence-electron chi connectivity index (χ1n) is 4.20. The number of nitrogens with zero attached hydrogens (tertiary/aromatic N) is 1. The molecule has 1 amide bonds. The molecule has 1 rings (SSSR count). The maximum atomic E-state index is 13.0. The summed E-state index contributed by atoms with van der Waals surface area (Å²) in [7, 11) is 0. The Labute approximate surface area is 92.5 Å². The van der Waals surface area contributed by atoms with Gasteiger partial charge in [0.2, 0.25) is 0 Å². The highest BCUT2D eigenvalue weighted by Gasteiger charge is 2.37. The lowest BCUT2D eigenvalue weighted by molar-refractivity contribution is -0.139. The molecule has 0 saturated heterocycles. The summed E-state index contributed by atoms with van der Waals surface area (Å²) in [5.74, 6) is -2.61. The molecule has 0 radical (unpaired) electrons. The van der Waals surface area contributed by atoms with E-state index in [0.29, 0.717) is 12.3 Å². The van der Waals surface area contributed by atoms with Gasteiger partial charge in [0.1, 0.15) is 17.6 Å². The third-order valence-electron chi connectivity index (χ3n) is 1.73. The van der Waals surface area contributed by atoms with Crippen molar-refractivity contribution in [3.8, 4) is 0 Å². The van der Waals surface area contributed by atoms with Crippen LogP contribution in [0.5, 0.6) is 0 Å². The number of oxime groups is 1. The van der Waals surface area contributed by atoms with E-state index in [0.717, 1.165) is 12.1 Å². The minimum atomic E-state index is -4.94. The smallest absolute Gasteiger partial charge is 0.411 e. The van der Waals surface area contributed by atoms with E-state index in [9.17, 15) is 22.4 Å². The fourth-order valence-corrected chi connectivity index (χ4v) is 1.13. The van der Waals surface area contributed by atoms with Crippen LogP contribution >= 0.6 is 0 Å². The molecule has 92 valence electrons. The largest absolute Gasteiger partial charge is 0.421 e. The summed E-state index contributed by atoms with van der Waals surface area (Å²) in [5, 5.41) is 12.1.